The Balaban J connectivity index is 4.61. The molecule has 1 atom stereocenters. The second-order valence-electron chi connectivity index (χ2n) is 6.46. The van der Waals surface area contributed by atoms with E-state index < -0.39 is 0 Å². The highest BCUT2D eigenvalue weighted by molar-refractivity contribution is 5.04. The quantitative estimate of drug-likeness (QED) is 0.215. The highest BCUT2D eigenvalue weighted by atomic mass is 16.7. The molecule has 3 nitrogen and oxygen atoms in total. The zero-order chi connectivity index (χ0) is 17.6. The van der Waals surface area contributed by atoms with Crippen LogP contribution in [0.1, 0.15) is 78.6 Å². The van der Waals surface area contributed by atoms with Crippen molar-refractivity contribution in [2.24, 2.45) is 0 Å². The molecule has 0 heterocycles. The summed E-state index contributed by atoms with van der Waals surface area (Å²) < 4.78 is 10.9. The van der Waals surface area contributed by atoms with E-state index >= 15 is 0 Å². The molecule has 0 amide bonds. The number of nitrogens with zero attached hydrogens (tertiary/aromatic N) is 1. The van der Waals surface area contributed by atoms with Gasteiger partial charge in [0.25, 0.3) is 0 Å². The molecule has 0 fully saturated rings. The van der Waals surface area contributed by atoms with Crippen molar-refractivity contribution in [1.82, 2.24) is 4.90 Å². The van der Waals surface area contributed by atoms with E-state index in [0.717, 1.165) is 25.9 Å². The predicted octanol–water partition coefficient (Wildman–Crippen LogP) is 5.40. The third-order valence-electron chi connectivity index (χ3n) is 5.03. The van der Waals surface area contributed by atoms with Gasteiger partial charge in [-0.2, -0.15) is 0 Å². The second kappa shape index (κ2) is 14.0. The standard InChI is InChI=1S/C20H41NO2/c1-7-11-12-13-14-15-16-17-20(8-2,21(9-3)10-4)18-19(22-5)23-6/h8,19H,2,7,9-18H2,1,3-6H3. The van der Waals surface area contributed by atoms with E-state index in [4.69, 9.17) is 9.47 Å². The summed E-state index contributed by atoms with van der Waals surface area (Å²) in [6.07, 6.45) is 13.3. The zero-order valence-corrected chi connectivity index (χ0v) is 16.4. The number of hydrogen-bond donors (Lipinski definition) is 0. The Morgan fingerprint density at radius 3 is 1.87 bits per heavy atom. The molecule has 0 spiro atoms. The highest BCUT2D eigenvalue weighted by Crippen LogP contribution is 2.30. The van der Waals surface area contributed by atoms with Crippen molar-refractivity contribution in [3.8, 4) is 0 Å². The molecule has 138 valence electrons. The largest absolute Gasteiger partial charge is 0.356 e. The van der Waals surface area contributed by atoms with Crippen molar-refractivity contribution in [1.29, 1.82) is 0 Å². The molecule has 0 aromatic heterocycles. The summed E-state index contributed by atoms with van der Waals surface area (Å²) in [6.45, 7) is 12.9. The maximum Gasteiger partial charge on any atom is 0.158 e. The summed E-state index contributed by atoms with van der Waals surface area (Å²) >= 11 is 0. The van der Waals surface area contributed by atoms with E-state index in [1.165, 1.54) is 44.9 Å². The Kier molecular flexibility index (Phi) is 13.8. The van der Waals surface area contributed by atoms with Crippen LogP contribution < -0.4 is 0 Å². The molecular formula is C20H41NO2. The first-order valence-electron chi connectivity index (χ1n) is 9.58. The molecule has 0 saturated heterocycles. The van der Waals surface area contributed by atoms with Gasteiger partial charge in [0, 0.05) is 26.2 Å². The molecule has 0 saturated carbocycles. The van der Waals surface area contributed by atoms with Crippen LogP contribution in [0.4, 0.5) is 0 Å². The van der Waals surface area contributed by atoms with Gasteiger partial charge in [-0.1, -0.05) is 71.8 Å². The van der Waals surface area contributed by atoms with Crippen LogP contribution in [0.3, 0.4) is 0 Å². The summed E-state index contributed by atoms with van der Waals surface area (Å²) in [5.74, 6) is 0. The topological polar surface area (TPSA) is 21.7 Å². The molecule has 23 heavy (non-hydrogen) atoms. The molecule has 0 N–H and O–H groups in total. The lowest BCUT2D eigenvalue weighted by Crippen LogP contribution is -2.49. The van der Waals surface area contributed by atoms with Crippen LogP contribution in [0.25, 0.3) is 0 Å². The maximum absolute atomic E-state index is 5.47. The van der Waals surface area contributed by atoms with Crippen molar-refractivity contribution < 1.29 is 9.47 Å². The van der Waals surface area contributed by atoms with Gasteiger partial charge in [0.2, 0.25) is 0 Å². The SMILES string of the molecule is C=CC(CCCCCCCCC)(CC(OC)OC)N(CC)CC. The van der Waals surface area contributed by atoms with Gasteiger partial charge < -0.3 is 9.47 Å². The Hall–Kier alpha value is -0.380. The highest BCUT2D eigenvalue weighted by Gasteiger charge is 2.34. The van der Waals surface area contributed by atoms with Crippen LogP contribution in [0, 0.1) is 0 Å². The van der Waals surface area contributed by atoms with Gasteiger partial charge in [0.05, 0.1) is 0 Å². The minimum atomic E-state index is -0.168. The third kappa shape index (κ3) is 8.32. The van der Waals surface area contributed by atoms with Crippen molar-refractivity contribution in [2.45, 2.75) is 90.4 Å². The average molecular weight is 328 g/mol. The summed E-state index contributed by atoms with van der Waals surface area (Å²) in [5, 5.41) is 0. The van der Waals surface area contributed by atoms with Crippen LogP contribution in [-0.4, -0.2) is 44.0 Å². The van der Waals surface area contributed by atoms with Crippen LogP contribution in [0.5, 0.6) is 0 Å². The van der Waals surface area contributed by atoms with Crippen molar-refractivity contribution in [3.63, 3.8) is 0 Å². The van der Waals surface area contributed by atoms with Gasteiger partial charge in [-0.05, 0) is 19.5 Å². The van der Waals surface area contributed by atoms with Gasteiger partial charge in [0.1, 0.15) is 0 Å². The first-order valence-corrected chi connectivity index (χ1v) is 9.58. The second-order valence-corrected chi connectivity index (χ2v) is 6.46. The van der Waals surface area contributed by atoms with Gasteiger partial charge in [-0.25, -0.2) is 0 Å². The number of hydrogen-bond acceptors (Lipinski definition) is 3. The monoisotopic (exact) mass is 327 g/mol. The van der Waals surface area contributed by atoms with Crippen molar-refractivity contribution in [2.75, 3.05) is 27.3 Å². The summed E-state index contributed by atoms with van der Waals surface area (Å²) in [5.41, 5.74) is -0.0242. The molecule has 0 radical (unpaired) electrons. The molecule has 0 bridgehead atoms. The van der Waals surface area contributed by atoms with Crippen LogP contribution in [0.15, 0.2) is 12.7 Å². The molecule has 1 unspecified atom stereocenters. The Bertz CT molecular complexity index is 275. The van der Waals surface area contributed by atoms with Crippen molar-refractivity contribution >= 4 is 0 Å². The number of methoxy groups -OCH3 is 2. The minimum Gasteiger partial charge on any atom is -0.356 e. The molecular weight excluding hydrogens is 286 g/mol. The molecule has 0 aromatic rings. The molecule has 0 aliphatic heterocycles. The molecule has 0 aromatic carbocycles. The first kappa shape index (κ1) is 22.6. The maximum atomic E-state index is 5.47. The van der Waals surface area contributed by atoms with Gasteiger partial charge in [-0.3, -0.25) is 4.90 Å². The van der Waals surface area contributed by atoms with E-state index in [0.29, 0.717) is 0 Å². The molecule has 0 aliphatic rings. The normalized spacial score (nSPS) is 14.4. The lowest BCUT2D eigenvalue weighted by Gasteiger charge is -2.43. The zero-order valence-electron chi connectivity index (χ0n) is 16.4. The van der Waals surface area contributed by atoms with Gasteiger partial charge in [-0.15, -0.1) is 6.58 Å². The molecule has 0 rings (SSSR count). The number of unbranched alkanes of at least 4 members (excludes halogenated alkanes) is 6. The lowest BCUT2D eigenvalue weighted by molar-refractivity contribution is -0.126. The smallest absolute Gasteiger partial charge is 0.158 e. The fraction of sp³-hybridized carbons (Fsp3) is 0.900. The number of ether oxygens (including phenoxy) is 2. The van der Waals surface area contributed by atoms with Crippen LogP contribution in [-0.2, 0) is 9.47 Å². The average Bonchev–Trinajstić information content (AvgIpc) is 2.59. The molecule has 0 aliphatic carbocycles. The Morgan fingerprint density at radius 1 is 0.913 bits per heavy atom. The minimum absolute atomic E-state index is 0.0242. The third-order valence-corrected chi connectivity index (χ3v) is 5.03. The van der Waals surface area contributed by atoms with E-state index in [-0.39, 0.29) is 11.8 Å². The van der Waals surface area contributed by atoms with E-state index in [1.54, 1.807) is 14.2 Å². The fourth-order valence-corrected chi connectivity index (χ4v) is 3.50. The molecule has 3 heteroatoms. The Labute approximate surface area is 145 Å². The van der Waals surface area contributed by atoms with E-state index in [1.807, 2.05) is 0 Å². The fourth-order valence-electron chi connectivity index (χ4n) is 3.50. The Morgan fingerprint density at radius 2 is 1.43 bits per heavy atom. The number of rotatable bonds is 16. The lowest BCUT2D eigenvalue weighted by atomic mass is 9.86. The van der Waals surface area contributed by atoms with Crippen LogP contribution in [0.2, 0.25) is 0 Å². The summed E-state index contributed by atoms with van der Waals surface area (Å²) in [7, 11) is 3.44. The van der Waals surface area contributed by atoms with E-state index in [9.17, 15) is 0 Å². The van der Waals surface area contributed by atoms with Gasteiger partial charge >= 0.3 is 0 Å². The van der Waals surface area contributed by atoms with Crippen molar-refractivity contribution in [3.05, 3.63) is 12.7 Å². The predicted molar refractivity (Wildman–Crippen MR) is 101 cm³/mol. The summed E-state index contributed by atoms with van der Waals surface area (Å²) in [4.78, 5) is 2.50. The van der Waals surface area contributed by atoms with Gasteiger partial charge in [0.15, 0.2) is 6.29 Å². The number of likely N-dealkylation sites (N-methyl/N-ethyl adjacent to an activating group) is 1. The summed E-state index contributed by atoms with van der Waals surface area (Å²) in [6, 6.07) is 0. The van der Waals surface area contributed by atoms with E-state index in [2.05, 4.69) is 38.3 Å². The van der Waals surface area contributed by atoms with Crippen LogP contribution >= 0.6 is 0 Å². The first-order chi connectivity index (χ1) is 11.1.